The molecule has 0 saturated heterocycles. The van der Waals surface area contributed by atoms with E-state index in [1.807, 2.05) is 42.5 Å². The maximum absolute atomic E-state index is 12.0. The molecule has 3 heterocycles. The number of hydrogen-bond acceptors (Lipinski definition) is 3. The van der Waals surface area contributed by atoms with Crippen LogP contribution in [-0.4, -0.2) is 47.3 Å². The lowest BCUT2D eigenvalue weighted by Gasteiger charge is -2.11. The molecule has 0 bridgehead atoms. The number of nitrogens with one attached hydrogen (secondary N) is 2. The molecular formula is C23H22N4O2. The third-order valence-electron chi connectivity index (χ3n) is 4.92. The highest BCUT2D eigenvalue weighted by Gasteiger charge is 2.20. The molecule has 0 fully saturated rings. The van der Waals surface area contributed by atoms with Crippen molar-refractivity contribution in [2.75, 3.05) is 20.6 Å². The number of fused-ring (bicyclic) bond motifs is 1. The van der Waals surface area contributed by atoms with Crippen LogP contribution in [-0.2, 0) is 11.2 Å². The third-order valence-corrected chi connectivity index (χ3v) is 4.92. The van der Waals surface area contributed by atoms with Crippen LogP contribution in [0.25, 0.3) is 28.6 Å². The van der Waals surface area contributed by atoms with Gasteiger partial charge in [0.25, 0.3) is 5.91 Å². The predicted octanol–water partition coefficient (Wildman–Crippen LogP) is 3.13. The van der Waals surface area contributed by atoms with Crippen molar-refractivity contribution in [3.05, 3.63) is 71.6 Å². The molecule has 0 radical (unpaired) electrons. The second-order valence-electron chi connectivity index (χ2n) is 7.20. The molecule has 2 N–H and O–H groups in total. The average Bonchev–Trinajstić information content (AvgIpc) is 3.18. The van der Waals surface area contributed by atoms with E-state index in [4.69, 9.17) is 0 Å². The number of aromatic amines is 1. The van der Waals surface area contributed by atoms with Crippen molar-refractivity contribution in [1.82, 2.24) is 20.2 Å². The molecule has 29 heavy (non-hydrogen) atoms. The topological polar surface area (TPSA) is 78.1 Å². The molecule has 1 aromatic carbocycles. The molecule has 2 amide bonds. The monoisotopic (exact) mass is 386 g/mol. The Labute approximate surface area is 169 Å². The fourth-order valence-electron chi connectivity index (χ4n) is 3.32. The van der Waals surface area contributed by atoms with Gasteiger partial charge in [-0.1, -0.05) is 18.2 Å². The summed E-state index contributed by atoms with van der Waals surface area (Å²) < 4.78 is 0. The van der Waals surface area contributed by atoms with Crippen molar-refractivity contribution in [2.24, 2.45) is 0 Å². The summed E-state index contributed by atoms with van der Waals surface area (Å²) in [6.45, 7) is 0.657. The van der Waals surface area contributed by atoms with Gasteiger partial charge in [0.05, 0.1) is 11.3 Å². The molecule has 3 aromatic rings. The second kappa shape index (κ2) is 7.75. The van der Waals surface area contributed by atoms with Gasteiger partial charge in [-0.25, -0.2) is 0 Å². The van der Waals surface area contributed by atoms with Gasteiger partial charge in [-0.2, -0.15) is 0 Å². The molecule has 6 nitrogen and oxygen atoms in total. The van der Waals surface area contributed by atoms with Crippen molar-refractivity contribution in [2.45, 2.75) is 6.42 Å². The van der Waals surface area contributed by atoms with E-state index < -0.39 is 0 Å². The Morgan fingerprint density at radius 1 is 1.14 bits per heavy atom. The fraction of sp³-hybridized carbons (Fsp3) is 0.174. The van der Waals surface area contributed by atoms with Crippen molar-refractivity contribution >= 4 is 17.9 Å². The van der Waals surface area contributed by atoms with Gasteiger partial charge < -0.3 is 15.2 Å². The molecule has 6 heteroatoms. The van der Waals surface area contributed by atoms with Crippen LogP contribution in [0.5, 0.6) is 0 Å². The highest BCUT2D eigenvalue weighted by molar-refractivity contribution is 5.97. The summed E-state index contributed by atoms with van der Waals surface area (Å²) in [5.41, 5.74) is 6.28. The molecule has 146 valence electrons. The fourth-order valence-corrected chi connectivity index (χ4v) is 3.32. The molecule has 0 atom stereocenters. The lowest BCUT2D eigenvalue weighted by atomic mass is 10.0. The van der Waals surface area contributed by atoms with Crippen LogP contribution >= 0.6 is 0 Å². The number of carbonyl (C=O) groups excluding carboxylic acids is 2. The molecular weight excluding hydrogens is 364 g/mol. The van der Waals surface area contributed by atoms with Gasteiger partial charge in [0.15, 0.2) is 0 Å². The third kappa shape index (κ3) is 3.96. The zero-order valence-electron chi connectivity index (χ0n) is 16.4. The maximum atomic E-state index is 12.0. The maximum Gasteiger partial charge on any atom is 0.253 e. The lowest BCUT2D eigenvalue weighted by molar-refractivity contribution is -0.123. The minimum Gasteiger partial charge on any atom is -0.358 e. The van der Waals surface area contributed by atoms with Gasteiger partial charge in [0, 0.05) is 61.8 Å². The zero-order valence-corrected chi connectivity index (χ0v) is 16.4. The van der Waals surface area contributed by atoms with Crippen LogP contribution in [0, 0.1) is 0 Å². The van der Waals surface area contributed by atoms with Crippen LogP contribution < -0.4 is 5.32 Å². The van der Waals surface area contributed by atoms with Crippen molar-refractivity contribution in [1.29, 1.82) is 0 Å². The number of likely N-dealkylation sites (N-methyl/N-ethyl adjacent to an activating group) is 1. The molecule has 1 aliphatic rings. The van der Waals surface area contributed by atoms with E-state index in [0.29, 0.717) is 12.1 Å². The molecule has 0 saturated carbocycles. The van der Waals surface area contributed by atoms with Gasteiger partial charge in [0.1, 0.15) is 0 Å². The van der Waals surface area contributed by atoms with Gasteiger partial charge in [-0.05, 0) is 35.9 Å². The number of hydrogen-bond donors (Lipinski definition) is 2. The largest absolute Gasteiger partial charge is 0.358 e. The van der Waals surface area contributed by atoms with E-state index in [1.165, 1.54) is 4.90 Å². The molecule has 0 aliphatic carbocycles. The Morgan fingerprint density at radius 2 is 2.00 bits per heavy atom. The number of nitrogens with zero attached hydrogens (tertiary/aromatic N) is 2. The standard InChI is InChI=1S/C23H22N4O2/c1-27(2)22(28)7-6-15-4-3-5-16(12-15)20-13-17(8-10-24-20)21-14-18-19(26-21)9-11-25-23(18)29/h3-8,10,12-14,26H,9,11H2,1-2H3,(H,25,29)/b7-6+. The molecule has 0 spiro atoms. The number of carbonyl (C=O) groups is 2. The number of rotatable bonds is 4. The molecule has 2 aromatic heterocycles. The van der Waals surface area contributed by atoms with Crippen molar-refractivity contribution < 1.29 is 9.59 Å². The van der Waals surface area contributed by atoms with Crippen LogP contribution in [0.1, 0.15) is 21.6 Å². The summed E-state index contributed by atoms with van der Waals surface area (Å²) in [4.78, 5) is 33.2. The summed E-state index contributed by atoms with van der Waals surface area (Å²) >= 11 is 0. The first-order chi connectivity index (χ1) is 14.0. The molecule has 1 aliphatic heterocycles. The van der Waals surface area contributed by atoms with E-state index in [1.54, 1.807) is 32.4 Å². The first kappa shape index (κ1) is 18.7. The normalized spacial score (nSPS) is 13.2. The van der Waals surface area contributed by atoms with E-state index >= 15 is 0 Å². The summed E-state index contributed by atoms with van der Waals surface area (Å²) in [5.74, 6) is -0.0925. The van der Waals surface area contributed by atoms with Crippen molar-refractivity contribution in [3.8, 4) is 22.5 Å². The number of pyridine rings is 1. The van der Waals surface area contributed by atoms with Crippen LogP contribution in [0.15, 0.2) is 54.7 Å². The summed E-state index contributed by atoms with van der Waals surface area (Å²) in [6, 6.07) is 13.7. The Hall–Kier alpha value is -3.67. The first-order valence-electron chi connectivity index (χ1n) is 9.47. The lowest BCUT2D eigenvalue weighted by Crippen LogP contribution is -2.31. The second-order valence-corrected chi connectivity index (χ2v) is 7.20. The number of amides is 2. The minimum absolute atomic E-state index is 0.0326. The van der Waals surface area contributed by atoms with E-state index in [9.17, 15) is 9.59 Å². The Balaban J connectivity index is 1.64. The summed E-state index contributed by atoms with van der Waals surface area (Å²) in [6.07, 6.45) is 5.92. The van der Waals surface area contributed by atoms with Crippen LogP contribution in [0.3, 0.4) is 0 Å². The zero-order chi connectivity index (χ0) is 20.4. The Bertz CT molecular complexity index is 1110. The van der Waals surface area contributed by atoms with Crippen molar-refractivity contribution in [3.63, 3.8) is 0 Å². The van der Waals surface area contributed by atoms with Gasteiger partial charge >= 0.3 is 0 Å². The van der Waals surface area contributed by atoms with E-state index in [0.717, 1.165) is 40.2 Å². The molecule has 4 rings (SSSR count). The van der Waals surface area contributed by atoms with Gasteiger partial charge in [-0.3, -0.25) is 14.6 Å². The average molecular weight is 386 g/mol. The number of aromatic nitrogens is 2. The van der Waals surface area contributed by atoms with Gasteiger partial charge in [-0.15, -0.1) is 0 Å². The first-order valence-corrected chi connectivity index (χ1v) is 9.47. The predicted molar refractivity (Wildman–Crippen MR) is 113 cm³/mol. The smallest absolute Gasteiger partial charge is 0.253 e. The van der Waals surface area contributed by atoms with Gasteiger partial charge in [0.2, 0.25) is 5.91 Å². The SMILES string of the molecule is CN(C)C(=O)/C=C/c1cccc(-c2cc(-c3cc4c([nH]3)CCNC4=O)ccn2)c1. The van der Waals surface area contributed by atoms with E-state index in [-0.39, 0.29) is 11.8 Å². The summed E-state index contributed by atoms with van der Waals surface area (Å²) in [5, 5.41) is 2.87. The number of H-pyrrole nitrogens is 1. The highest BCUT2D eigenvalue weighted by Crippen LogP contribution is 2.27. The van der Waals surface area contributed by atoms with Crippen LogP contribution in [0.2, 0.25) is 0 Å². The van der Waals surface area contributed by atoms with Crippen LogP contribution in [0.4, 0.5) is 0 Å². The number of benzene rings is 1. The molecule has 0 unspecified atom stereocenters. The van der Waals surface area contributed by atoms with E-state index in [2.05, 4.69) is 15.3 Å². The Kier molecular flexibility index (Phi) is 4.99. The Morgan fingerprint density at radius 3 is 2.79 bits per heavy atom. The highest BCUT2D eigenvalue weighted by atomic mass is 16.2. The quantitative estimate of drug-likeness (QED) is 0.676. The summed E-state index contributed by atoms with van der Waals surface area (Å²) in [7, 11) is 3.45. The minimum atomic E-state index is -0.0599.